The molecule has 15 heavy (non-hydrogen) atoms. The van der Waals surface area contributed by atoms with E-state index < -0.39 is 30.5 Å². The third-order valence-electron chi connectivity index (χ3n) is 2.37. The minimum atomic E-state index is -1.62. The summed E-state index contributed by atoms with van der Waals surface area (Å²) in [5.41, 5.74) is 5.08. The Kier molecular flexibility index (Phi) is 6.26. The Bertz CT molecular complexity index is 178. The third kappa shape index (κ3) is 4.02. The van der Waals surface area contributed by atoms with Crippen LogP contribution in [0.25, 0.3) is 0 Å². The maximum atomic E-state index is 9.46. The van der Waals surface area contributed by atoms with Gasteiger partial charge in [0.25, 0.3) is 0 Å². The fourth-order valence-corrected chi connectivity index (χ4v) is 1.17. The zero-order chi connectivity index (χ0) is 12.2. The van der Waals surface area contributed by atoms with Gasteiger partial charge in [-0.3, -0.25) is 0 Å². The van der Waals surface area contributed by atoms with Gasteiger partial charge >= 0.3 is 0 Å². The van der Waals surface area contributed by atoms with Gasteiger partial charge in [-0.2, -0.15) is 0 Å². The summed E-state index contributed by atoms with van der Waals surface area (Å²) in [7, 11) is 0. The summed E-state index contributed by atoms with van der Waals surface area (Å²) in [4.78, 5) is 0. The van der Waals surface area contributed by atoms with Crippen molar-refractivity contribution < 1.29 is 25.5 Å². The number of hydrogen-bond donors (Lipinski definition) is 6. The van der Waals surface area contributed by atoms with E-state index in [1.807, 2.05) is 0 Å². The molecule has 0 spiro atoms. The van der Waals surface area contributed by atoms with E-state index in [-0.39, 0.29) is 12.5 Å². The van der Waals surface area contributed by atoms with Crippen LogP contribution < -0.4 is 5.73 Å². The van der Waals surface area contributed by atoms with Crippen LogP contribution >= 0.6 is 0 Å². The molecule has 92 valence electrons. The van der Waals surface area contributed by atoms with Crippen LogP contribution in [-0.2, 0) is 0 Å². The average molecular weight is 223 g/mol. The molecular weight excluding hydrogens is 202 g/mol. The zero-order valence-electron chi connectivity index (χ0n) is 8.98. The minimum absolute atomic E-state index is 0.233. The highest BCUT2D eigenvalue weighted by atomic mass is 16.4. The van der Waals surface area contributed by atoms with Gasteiger partial charge in [0.05, 0.1) is 12.2 Å². The van der Waals surface area contributed by atoms with Gasteiger partial charge in [-0.1, -0.05) is 13.8 Å². The van der Waals surface area contributed by atoms with Crippen molar-refractivity contribution in [3.05, 3.63) is 0 Å². The van der Waals surface area contributed by atoms with Crippen molar-refractivity contribution in [1.29, 1.82) is 0 Å². The molecule has 0 amide bonds. The normalized spacial score (nSPS) is 22.2. The van der Waals surface area contributed by atoms with Gasteiger partial charge in [0.15, 0.2) is 0 Å². The van der Waals surface area contributed by atoms with Crippen LogP contribution in [-0.4, -0.2) is 62.6 Å². The molecule has 7 N–H and O–H groups in total. The first kappa shape index (κ1) is 14.8. The summed E-state index contributed by atoms with van der Waals surface area (Å²) < 4.78 is 0. The van der Waals surface area contributed by atoms with E-state index in [1.165, 1.54) is 0 Å². The van der Waals surface area contributed by atoms with Gasteiger partial charge in [-0.05, 0) is 5.92 Å². The summed E-state index contributed by atoms with van der Waals surface area (Å²) in [6.07, 6.45) is -7.20. The Morgan fingerprint density at radius 3 is 1.53 bits per heavy atom. The lowest BCUT2D eigenvalue weighted by Crippen LogP contribution is -2.51. The van der Waals surface area contributed by atoms with Gasteiger partial charge < -0.3 is 31.3 Å². The highest BCUT2D eigenvalue weighted by molar-refractivity contribution is 4.85. The summed E-state index contributed by atoms with van der Waals surface area (Å²) in [5.74, 6) is -0.267. The summed E-state index contributed by atoms with van der Waals surface area (Å²) in [5, 5.41) is 46.8. The van der Waals surface area contributed by atoms with E-state index in [0.717, 1.165) is 0 Å². The molecule has 0 bridgehead atoms. The van der Waals surface area contributed by atoms with Crippen molar-refractivity contribution in [1.82, 2.24) is 0 Å². The number of nitrogens with two attached hydrogens (primary N) is 1. The zero-order valence-corrected chi connectivity index (χ0v) is 8.98. The summed E-state index contributed by atoms with van der Waals surface area (Å²) in [6, 6.07) is 0. The van der Waals surface area contributed by atoms with Crippen molar-refractivity contribution >= 4 is 0 Å². The lowest BCUT2D eigenvalue weighted by Gasteiger charge is -2.30. The van der Waals surface area contributed by atoms with Crippen LogP contribution in [0.5, 0.6) is 0 Å². The van der Waals surface area contributed by atoms with Crippen molar-refractivity contribution in [2.75, 3.05) is 6.54 Å². The van der Waals surface area contributed by atoms with Crippen LogP contribution in [0.4, 0.5) is 0 Å². The highest BCUT2D eigenvalue weighted by Gasteiger charge is 2.34. The van der Waals surface area contributed by atoms with E-state index in [1.54, 1.807) is 13.8 Å². The van der Waals surface area contributed by atoms with Crippen molar-refractivity contribution in [2.45, 2.75) is 44.4 Å². The Morgan fingerprint density at radius 2 is 1.20 bits per heavy atom. The molecular formula is C9H21NO5. The fraction of sp³-hybridized carbons (Fsp3) is 1.00. The standard InChI is InChI=1S/C9H21NO5/c1-4(2)6(12)8(14)9(15)7(13)5(11)3-10/h4-9,11-15H,3,10H2,1-2H3. The van der Waals surface area contributed by atoms with Gasteiger partial charge in [0.1, 0.15) is 18.3 Å². The van der Waals surface area contributed by atoms with Crippen LogP contribution in [0, 0.1) is 5.92 Å². The number of rotatable bonds is 6. The SMILES string of the molecule is CC(C)C(O)C(O)C(O)C(O)C(O)CN. The van der Waals surface area contributed by atoms with Gasteiger partial charge in [-0.15, -0.1) is 0 Å². The predicted octanol–water partition coefficient (Wildman–Crippen LogP) is -2.59. The smallest absolute Gasteiger partial charge is 0.111 e. The molecule has 6 nitrogen and oxygen atoms in total. The summed E-state index contributed by atoms with van der Waals surface area (Å²) >= 11 is 0. The second kappa shape index (κ2) is 6.37. The highest BCUT2D eigenvalue weighted by Crippen LogP contribution is 2.13. The number of hydrogen-bond acceptors (Lipinski definition) is 6. The van der Waals surface area contributed by atoms with E-state index in [4.69, 9.17) is 10.8 Å². The summed E-state index contributed by atoms with van der Waals surface area (Å²) in [6.45, 7) is 3.08. The van der Waals surface area contributed by atoms with Crippen molar-refractivity contribution in [3.63, 3.8) is 0 Å². The van der Waals surface area contributed by atoms with Gasteiger partial charge in [0.2, 0.25) is 0 Å². The number of aliphatic hydroxyl groups excluding tert-OH is 5. The molecule has 0 aliphatic carbocycles. The third-order valence-corrected chi connectivity index (χ3v) is 2.37. The second-order valence-electron chi connectivity index (χ2n) is 4.01. The van der Waals surface area contributed by atoms with Crippen molar-refractivity contribution in [2.24, 2.45) is 11.7 Å². The maximum Gasteiger partial charge on any atom is 0.111 e. The van der Waals surface area contributed by atoms with Crippen LogP contribution in [0.1, 0.15) is 13.8 Å². The molecule has 0 aromatic heterocycles. The molecule has 6 heteroatoms. The Balaban J connectivity index is 4.36. The molecule has 0 radical (unpaired) electrons. The molecule has 0 aliphatic heterocycles. The van der Waals surface area contributed by atoms with Crippen LogP contribution in [0.3, 0.4) is 0 Å². The first-order chi connectivity index (χ1) is 6.82. The average Bonchev–Trinajstić information content (AvgIpc) is 2.23. The van der Waals surface area contributed by atoms with E-state index in [2.05, 4.69) is 0 Å². The van der Waals surface area contributed by atoms with E-state index in [9.17, 15) is 20.4 Å². The lowest BCUT2D eigenvalue weighted by atomic mass is 9.93. The van der Waals surface area contributed by atoms with E-state index in [0.29, 0.717) is 0 Å². The van der Waals surface area contributed by atoms with Gasteiger partial charge in [0, 0.05) is 6.54 Å². The lowest BCUT2D eigenvalue weighted by molar-refractivity contribution is -0.139. The topological polar surface area (TPSA) is 127 Å². The largest absolute Gasteiger partial charge is 0.390 e. The maximum absolute atomic E-state index is 9.46. The first-order valence-corrected chi connectivity index (χ1v) is 4.93. The quantitative estimate of drug-likeness (QED) is 0.293. The molecule has 5 unspecified atom stereocenters. The molecule has 0 heterocycles. The molecule has 0 aromatic rings. The number of aliphatic hydroxyl groups is 5. The Morgan fingerprint density at radius 1 is 0.800 bits per heavy atom. The predicted molar refractivity (Wildman–Crippen MR) is 53.9 cm³/mol. The molecule has 0 aromatic carbocycles. The molecule has 5 atom stereocenters. The van der Waals surface area contributed by atoms with Gasteiger partial charge in [-0.25, -0.2) is 0 Å². The molecule has 0 fully saturated rings. The monoisotopic (exact) mass is 223 g/mol. The molecule has 0 saturated carbocycles. The van der Waals surface area contributed by atoms with Crippen LogP contribution in [0.2, 0.25) is 0 Å². The molecule has 0 aliphatic rings. The van der Waals surface area contributed by atoms with Crippen molar-refractivity contribution in [3.8, 4) is 0 Å². The minimum Gasteiger partial charge on any atom is -0.390 e. The Labute approximate surface area is 89.0 Å². The first-order valence-electron chi connectivity index (χ1n) is 4.93. The molecule has 0 rings (SSSR count). The fourth-order valence-electron chi connectivity index (χ4n) is 1.17. The second-order valence-corrected chi connectivity index (χ2v) is 4.01. The van der Waals surface area contributed by atoms with Crippen LogP contribution in [0.15, 0.2) is 0 Å². The Hall–Kier alpha value is -0.240. The molecule has 0 saturated heterocycles. The van der Waals surface area contributed by atoms with E-state index >= 15 is 0 Å².